The molecule has 0 aliphatic carbocycles. The number of thiazole rings is 1. The van der Waals surface area contributed by atoms with Crippen molar-refractivity contribution in [3.05, 3.63) is 51.7 Å². The minimum Gasteiger partial charge on any atom is -0.349 e. The molecule has 1 N–H and O–H groups in total. The lowest BCUT2D eigenvalue weighted by Gasteiger charge is -2.24. The second kappa shape index (κ2) is 7.74. The molecule has 3 rings (SSSR count). The third-order valence-electron chi connectivity index (χ3n) is 4.27. The van der Waals surface area contributed by atoms with E-state index in [0.717, 1.165) is 17.1 Å². The van der Waals surface area contributed by atoms with E-state index >= 15 is 0 Å². The Labute approximate surface area is 149 Å². The average molecular weight is 361 g/mol. The van der Waals surface area contributed by atoms with Gasteiger partial charge in [0.15, 0.2) is 0 Å². The van der Waals surface area contributed by atoms with Crippen LogP contribution < -0.4 is 5.32 Å². The molecule has 1 unspecified atom stereocenters. The molecule has 1 aliphatic rings. The molecular formula is C18H20FN3O2S. The van der Waals surface area contributed by atoms with Crippen LogP contribution in [0.5, 0.6) is 0 Å². The van der Waals surface area contributed by atoms with Gasteiger partial charge in [-0.05, 0) is 18.9 Å². The van der Waals surface area contributed by atoms with Crippen molar-refractivity contribution in [3.8, 4) is 0 Å². The van der Waals surface area contributed by atoms with E-state index in [4.69, 9.17) is 0 Å². The maximum atomic E-state index is 13.9. The van der Waals surface area contributed by atoms with E-state index in [0.29, 0.717) is 24.9 Å². The quantitative estimate of drug-likeness (QED) is 0.860. The molecule has 1 saturated heterocycles. The highest BCUT2D eigenvalue weighted by Gasteiger charge is 2.36. The molecule has 132 valence electrons. The Hall–Kier alpha value is -2.28. The van der Waals surface area contributed by atoms with Gasteiger partial charge in [-0.3, -0.25) is 9.59 Å². The van der Waals surface area contributed by atoms with Crippen LogP contribution in [0, 0.1) is 5.82 Å². The molecule has 1 aliphatic heterocycles. The van der Waals surface area contributed by atoms with Crippen LogP contribution >= 0.6 is 11.3 Å². The van der Waals surface area contributed by atoms with E-state index < -0.39 is 6.04 Å². The first-order chi connectivity index (χ1) is 12.1. The van der Waals surface area contributed by atoms with E-state index in [1.807, 2.05) is 12.3 Å². The molecule has 25 heavy (non-hydrogen) atoms. The molecular weight excluding hydrogens is 341 g/mol. The molecule has 0 spiro atoms. The molecule has 1 fully saturated rings. The normalized spacial score (nSPS) is 17.1. The van der Waals surface area contributed by atoms with Gasteiger partial charge in [-0.15, -0.1) is 11.3 Å². The summed E-state index contributed by atoms with van der Waals surface area (Å²) in [6.45, 7) is 2.49. The van der Waals surface area contributed by atoms with Crippen LogP contribution in [0.4, 0.5) is 4.39 Å². The van der Waals surface area contributed by atoms with Crippen molar-refractivity contribution in [2.75, 3.05) is 0 Å². The lowest BCUT2D eigenvalue weighted by molar-refractivity contribution is -0.135. The number of nitrogens with zero attached hydrogens (tertiary/aromatic N) is 2. The number of carbonyl (C=O) groups is 2. The topological polar surface area (TPSA) is 62.3 Å². The van der Waals surface area contributed by atoms with Gasteiger partial charge < -0.3 is 10.2 Å². The summed E-state index contributed by atoms with van der Waals surface area (Å²) in [4.78, 5) is 30.5. The number of likely N-dealkylation sites (tertiary alicyclic amines) is 1. The number of rotatable bonds is 6. The predicted molar refractivity (Wildman–Crippen MR) is 93.3 cm³/mol. The lowest BCUT2D eigenvalue weighted by atomic mass is 10.1. The third kappa shape index (κ3) is 4.04. The van der Waals surface area contributed by atoms with E-state index in [1.54, 1.807) is 29.5 Å². The summed E-state index contributed by atoms with van der Waals surface area (Å²) in [6.07, 6.45) is 1.63. The fourth-order valence-corrected chi connectivity index (χ4v) is 3.65. The smallest absolute Gasteiger partial charge is 0.243 e. The summed E-state index contributed by atoms with van der Waals surface area (Å²) >= 11 is 1.57. The Kier molecular flexibility index (Phi) is 5.43. The van der Waals surface area contributed by atoms with E-state index in [2.05, 4.69) is 10.3 Å². The van der Waals surface area contributed by atoms with Crippen molar-refractivity contribution in [1.82, 2.24) is 15.2 Å². The number of hydrogen-bond acceptors (Lipinski definition) is 4. The molecule has 1 aromatic carbocycles. The summed E-state index contributed by atoms with van der Waals surface area (Å²) in [5.74, 6) is -0.700. The second-order valence-electron chi connectivity index (χ2n) is 5.97. The highest BCUT2D eigenvalue weighted by atomic mass is 32.1. The zero-order chi connectivity index (χ0) is 17.8. The highest BCUT2D eigenvalue weighted by molar-refractivity contribution is 7.09. The monoisotopic (exact) mass is 361 g/mol. The molecule has 1 atom stereocenters. The van der Waals surface area contributed by atoms with Gasteiger partial charge in [-0.25, -0.2) is 9.37 Å². The number of benzene rings is 1. The van der Waals surface area contributed by atoms with E-state index in [1.165, 1.54) is 11.0 Å². The molecule has 7 heteroatoms. The van der Waals surface area contributed by atoms with Crippen molar-refractivity contribution < 1.29 is 14.0 Å². The first-order valence-corrected chi connectivity index (χ1v) is 9.20. The summed E-state index contributed by atoms with van der Waals surface area (Å²) in [5.41, 5.74) is 1.24. The third-order valence-corrected chi connectivity index (χ3v) is 5.32. The van der Waals surface area contributed by atoms with Crippen LogP contribution in [0.25, 0.3) is 0 Å². The van der Waals surface area contributed by atoms with Crippen LogP contribution in [-0.4, -0.2) is 27.7 Å². The number of halogens is 1. The van der Waals surface area contributed by atoms with Crippen LogP contribution in [0.1, 0.15) is 36.0 Å². The Morgan fingerprint density at radius 3 is 2.96 bits per heavy atom. The number of nitrogens with one attached hydrogen (secondary N) is 1. The summed E-state index contributed by atoms with van der Waals surface area (Å²) in [7, 11) is 0. The Morgan fingerprint density at radius 1 is 1.44 bits per heavy atom. The van der Waals surface area contributed by atoms with Gasteiger partial charge in [-0.2, -0.15) is 0 Å². The fraction of sp³-hybridized carbons (Fsp3) is 0.389. The van der Waals surface area contributed by atoms with Crippen LogP contribution in [0.2, 0.25) is 0 Å². The number of amides is 2. The standard InChI is InChI=1S/C18H20FN3O2S/c1-2-16-21-13(11-25-16)9-20-18(24)15-7-8-17(23)22(15)10-12-5-3-4-6-14(12)19/h3-6,11,15H,2,7-10H2,1H3,(H,20,24). The molecule has 0 bridgehead atoms. The van der Waals surface area contributed by atoms with Crippen LogP contribution in [0.3, 0.4) is 0 Å². The highest BCUT2D eigenvalue weighted by Crippen LogP contribution is 2.23. The molecule has 0 saturated carbocycles. The van der Waals surface area contributed by atoms with Gasteiger partial charge in [0, 0.05) is 23.9 Å². The molecule has 1 aromatic heterocycles. The Morgan fingerprint density at radius 2 is 2.24 bits per heavy atom. The number of hydrogen-bond donors (Lipinski definition) is 1. The van der Waals surface area contributed by atoms with E-state index in [-0.39, 0.29) is 24.2 Å². The molecule has 0 radical (unpaired) electrons. The molecule has 2 heterocycles. The minimum atomic E-state index is -0.559. The molecule has 5 nitrogen and oxygen atoms in total. The summed E-state index contributed by atoms with van der Waals surface area (Å²) in [6, 6.07) is 5.77. The Bertz CT molecular complexity index is 777. The summed E-state index contributed by atoms with van der Waals surface area (Å²) < 4.78 is 13.9. The number of aromatic nitrogens is 1. The first kappa shape index (κ1) is 17.5. The second-order valence-corrected chi connectivity index (χ2v) is 6.91. The molecule has 2 aromatic rings. The van der Waals surface area contributed by atoms with Gasteiger partial charge in [0.1, 0.15) is 11.9 Å². The summed E-state index contributed by atoms with van der Waals surface area (Å²) in [5, 5.41) is 5.80. The predicted octanol–water partition coefficient (Wildman–Crippen LogP) is 2.65. The van der Waals surface area contributed by atoms with Gasteiger partial charge in [0.2, 0.25) is 11.8 Å². The Balaban J connectivity index is 1.64. The van der Waals surface area contributed by atoms with Crippen molar-refractivity contribution in [2.24, 2.45) is 0 Å². The maximum absolute atomic E-state index is 13.9. The zero-order valence-electron chi connectivity index (χ0n) is 14.0. The van der Waals surface area contributed by atoms with Crippen LogP contribution in [-0.2, 0) is 29.1 Å². The fourth-order valence-electron chi connectivity index (χ4n) is 2.90. The van der Waals surface area contributed by atoms with E-state index in [9.17, 15) is 14.0 Å². The van der Waals surface area contributed by atoms with Crippen molar-refractivity contribution >= 4 is 23.2 Å². The van der Waals surface area contributed by atoms with Gasteiger partial charge in [0.25, 0.3) is 0 Å². The maximum Gasteiger partial charge on any atom is 0.243 e. The average Bonchev–Trinajstić information content (AvgIpc) is 3.22. The number of aryl methyl sites for hydroxylation is 1. The van der Waals surface area contributed by atoms with Crippen molar-refractivity contribution in [1.29, 1.82) is 0 Å². The SMILES string of the molecule is CCc1nc(CNC(=O)C2CCC(=O)N2Cc2ccccc2F)cs1. The minimum absolute atomic E-state index is 0.111. The molecule has 2 amide bonds. The first-order valence-electron chi connectivity index (χ1n) is 8.32. The lowest BCUT2D eigenvalue weighted by Crippen LogP contribution is -2.44. The van der Waals surface area contributed by atoms with Crippen LogP contribution in [0.15, 0.2) is 29.6 Å². The van der Waals surface area contributed by atoms with Crippen molar-refractivity contribution in [2.45, 2.75) is 45.3 Å². The van der Waals surface area contributed by atoms with Gasteiger partial charge >= 0.3 is 0 Å². The van der Waals surface area contributed by atoms with Gasteiger partial charge in [0.05, 0.1) is 17.2 Å². The van der Waals surface area contributed by atoms with Crippen molar-refractivity contribution in [3.63, 3.8) is 0 Å². The zero-order valence-corrected chi connectivity index (χ0v) is 14.8. The number of carbonyl (C=O) groups excluding carboxylic acids is 2. The van der Waals surface area contributed by atoms with Gasteiger partial charge in [-0.1, -0.05) is 25.1 Å². The largest absolute Gasteiger partial charge is 0.349 e.